The summed E-state index contributed by atoms with van der Waals surface area (Å²) in [6.07, 6.45) is 4.04. The molecule has 0 bridgehead atoms. The summed E-state index contributed by atoms with van der Waals surface area (Å²) >= 11 is 0. The fourth-order valence-electron chi connectivity index (χ4n) is 3.07. The minimum atomic E-state index is -0.398. The predicted molar refractivity (Wildman–Crippen MR) is 77.3 cm³/mol. The van der Waals surface area contributed by atoms with E-state index < -0.39 is 5.41 Å². The van der Waals surface area contributed by atoms with Crippen molar-refractivity contribution in [2.24, 2.45) is 0 Å². The lowest BCUT2D eigenvalue weighted by atomic mass is 9.77. The van der Waals surface area contributed by atoms with Gasteiger partial charge in [-0.2, -0.15) is 0 Å². The van der Waals surface area contributed by atoms with Crippen LogP contribution in [0.1, 0.15) is 57.6 Å². The van der Waals surface area contributed by atoms with Crippen LogP contribution in [0.25, 0.3) is 0 Å². The summed E-state index contributed by atoms with van der Waals surface area (Å²) in [4.78, 5) is 12.2. The van der Waals surface area contributed by atoms with E-state index in [0.29, 0.717) is 0 Å². The summed E-state index contributed by atoms with van der Waals surface area (Å²) in [7, 11) is 1.49. The minimum Gasteiger partial charge on any atom is -0.468 e. The lowest BCUT2D eigenvalue weighted by Gasteiger charge is -2.27. The lowest BCUT2D eigenvalue weighted by Crippen LogP contribution is -2.34. The molecule has 1 aromatic carbocycles. The van der Waals surface area contributed by atoms with Gasteiger partial charge in [0.15, 0.2) is 0 Å². The molecule has 0 aliphatic heterocycles. The number of carbonyl (C=O) groups is 1. The molecular weight excluding hydrogens is 236 g/mol. The first kappa shape index (κ1) is 14.1. The highest BCUT2D eigenvalue weighted by atomic mass is 16.5. The summed E-state index contributed by atoms with van der Waals surface area (Å²) in [5.74, 6) is -0.0755. The van der Waals surface area contributed by atoms with Gasteiger partial charge >= 0.3 is 5.97 Å². The SMILES string of the molecule is COC(=O)C1(c2ccc(C(C)(C)C)cc2)CCCC1. The van der Waals surface area contributed by atoms with Crippen molar-refractivity contribution < 1.29 is 9.53 Å². The van der Waals surface area contributed by atoms with Crippen LogP contribution in [0.4, 0.5) is 0 Å². The van der Waals surface area contributed by atoms with Gasteiger partial charge in [-0.25, -0.2) is 0 Å². The molecule has 2 rings (SSSR count). The number of carbonyl (C=O) groups excluding carboxylic acids is 1. The van der Waals surface area contributed by atoms with Crippen LogP contribution in [0.2, 0.25) is 0 Å². The van der Waals surface area contributed by atoms with Gasteiger partial charge in [0.2, 0.25) is 0 Å². The van der Waals surface area contributed by atoms with E-state index in [0.717, 1.165) is 31.2 Å². The molecule has 2 nitrogen and oxygen atoms in total. The van der Waals surface area contributed by atoms with Gasteiger partial charge in [0.1, 0.15) is 0 Å². The van der Waals surface area contributed by atoms with Crippen molar-refractivity contribution in [2.45, 2.75) is 57.3 Å². The zero-order valence-corrected chi connectivity index (χ0v) is 12.5. The monoisotopic (exact) mass is 260 g/mol. The van der Waals surface area contributed by atoms with Gasteiger partial charge in [-0.3, -0.25) is 4.79 Å². The number of benzene rings is 1. The number of esters is 1. The molecule has 0 amide bonds. The van der Waals surface area contributed by atoms with Crippen LogP contribution in [0.15, 0.2) is 24.3 Å². The number of hydrogen-bond acceptors (Lipinski definition) is 2. The molecular formula is C17H24O2. The second kappa shape index (κ2) is 4.99. The molecule has 2 heteroatoms. The minimum absolute atomic E-state index is 0.0755. The fraction of sp³-hybridized carbons (Fsp3) is 0.588. The molecule has 104 valence electrons. The summed E-state index contributed by atoms with van der Waals surface area (Å²) in [5.41, 5.74) is 2.16. The van der Waals surface area contributed by atoms with Crippen LogP contribution in [0.5, 0.6) is 0 Å². The molecule has 0 atom stereocenters. The Balaban J connectivity index is 2.36. The van der Waals surface area contributed by atoms with Crippen molar-refractivity contribution in [3.63, 3.8) is 0 Å². The van der Waals surface area contributed by atoms with Crippen LogP contribution in [0.3, 0.4) is 0 Å². The summed E-state index contributed by atoms with van der Waals surface area (Å²) < 4.78 is 5.05. The fourth-order valence-corrected chi connectivity index (χ4v) is 3.07. The van der Waals surface area contributed by atoms with Crippen molar-refractivity contribution >= 4 is 5.97 Å². The van der Waals surface area contributed by atoms with Crippen molar-refractivity contribution in [3.8, 4) is 0 Å². The van der Waals surface area contributed by atoms with Crippen molar-refractivity contribution in [1.29, 1.82) is 0 Å². The Bertz CT molecular complexity index is 445. The normalized spacial score (nSPS) is 18.3. The van der Waals surface area contributed by atoms with Gasteiger partial charge in [0.05, 0.1) is 12.5 Å². The summed E-state index contributed by atoms with van der Waals surface area (Å²) in [6, 6.07) is 8.53. The van der Waals surface area contributed by atoms with E-state index in [1.54, 1.807) is 0 Å². The predicted octanol–water partition coefficient (Wildman–Crippen LogP) is 3.97. The molecule has 19 heavy (non-hydrogen) atoms. The van der Waals surface area contributed by atoms with E-state index in [9.17, 15) is 4.79 Å². The van der Waals surface area contributed by atoms with E-state index >= 15 is 0 Å². The molecule has 0 spiro atoms. The Kier molecular flexibility index (Phi) is 3.71. The second-order valence-corrected chi connectivity index (χ2v) is 6.61. The Labute approximate surface area is 116 Å². The molecule has 1 aliphatic carbocycles. The van der Waals surface area contributed by atoms with Gasteiger partial charge in [0.25, 0.3) is 0 Å². The first-order valence-electron chi connectivity index (χ1n) is 7.09. The molecule has 0 radical (unpaired) electrons. The molecule has 0 N–H and O–H groups in total. The molecule has 0 unspecified atom stereocenters. The third kappa shape index (κ3) is 2.54. The molecule has 0 heterocycles. The highest BCUT2D eigenvalue weighted by Gasteiger charge is 2.43. The van der Waals surface area contributed by atoms with Gasteiger partial charge in [-0.1, -0.05) is 57.9 Å². The average Bonchev–Trinajstić information content (AvgIpc) is 2.87. The maximum atomic E-state index is 12.2. The number of ether oxygens (including phenoxy) is 1. The third-order valence-electron chi connectivity index (χ3n) is 4.34. The Morgan fingerprint density at radius 2 is 1.63 bits per heavy atom. The molecule has 1 aliphatic rings. The van der Waals surface area contributed by atoms with Crippen LogP contribution in [-0.2, 0) is 20.4 Å². The van der Waals surface area contributed by atoms with E-state index in [-0.39, 0.29) is 11.4 Å². The van der Waals surface area contributed by atoms with Crippen LogP contribution < -0.4 is 0 Å². The average molecular weight is 260 g/mol. The maximum Gasteiger partial charge on any atom is 0.316 e. The first-order chi connectivity index (χ1) is 8.90. The van der Waals surface area contributed by atoms with Crippen molar-refractivity contribution in [2.75, 3.05) is 7.11 Å². The summed E-state index contributed by atoms with van der Waals surface area (Å²) in [6.45, 7) is 6.61. The molecule has 0 aromatic heterocycles. The van der Waals surface area contributed by atoms with Crippen LogP contribution in [-0.4, -0.2) is 13.1 Å². The van der Waals surface area contributed by atoms with Crippen molar-refractivity contribution in [3.05, 3.63) is 35.4 Å². The first-order valence-corrected chi connectivity index (χ1v) is 7.09. The smallest absolute Gasteiger partial charge is 0.316 e. The maximum absolute atomic E-state index is 12.2. The molecule has 0 saturated heterocycles. The number of methoxy groups -OCH3 is 1. The number of hydrogen-bond donors (Lipinski definition) is 0. The second-order valence-electron chi connectivity index (χ2n) is 6.61. The third-order valence-corrected chi connectivity index (χ3v) is 4.34. The van der Waals surface area contributed by atoms with Crippen molar-refractivity contribution in [1.82, 2.24) is 0 Å². The zero-order valence-electron chi connectivity index (χ0n) is 12.5. The van der Waals surface area contributed by atoms with E-state index in [4.69, 9.17) is 4.74 Å². The van der Waals surface area contributed by atoms with Crippen LogP contribution in [0, 0.1) is 0 Å². The lowest BCUT2D eigenvalue weighted by molar-refractivity contribution is -0.147. The standard InChI is InChI=1S/C17H24O2/c1-16(2,3)13-7-9-14(10-8-13)17(15(18)19-4)11-5-6-12-17/h7-10H,5-6,11-12H2,1-4H3. The van der Waals surface area contributed by atoms with Crippen LogP contribution >= 0.6 is 0 Å². The molecule has 1 fully saturated rings. The Morgan fingerprint density at radius 3 is 2.05 bits per heavy atom. The quantitative estimate of drug-likeness (QED) is 0.752. The van der Waals surface area contributed by atoms with E-state index in [1.807, 2.05) is 0 Å². The van der Waals surface area contributed by atoms with Gasteiger partial charge in [-0.15, -0.1) is 0 Å². The number of rotatable bonds is 2. The highest BCUT2D eigenvalue weighted by molar-refractivity contribution is 5.83. The topological polar surface area (TPSA) is 26.3 Å². The molecule has 1 aromatic rings. The van der Waals surface area contributed by atoms with Gasteiger partial charge < -0.3 is 4.74 Å². The van der Waals surface area contributed by atoms with Gasteiger partial charge in [0, 0.05) is 0 Å². The van der Waals surface area contributed by atoms with E-state index in [1.165, 1.54) is 12.7 Å². The Hall–Kier alpha value is -1.31. The molecule has 1 saturated carbocycles. The highest BCUT2D eigenvalue weighted by Crippen LogP contribution is 2.42. The largest absolute Gasteiger partial charge is 0.468 e. The zero-order chi connectivity index (χ0) is 14.1. The van der Waals surface area contributed by atoms with Gasteiger partial charge in [-0.05, 0) is 29.4 Å². The summed E-state index contributed by atoms with van der Waals surface area (Å²) in [5, 5.41) is 0. The Morgan fingerprint density at radius 1 is 1.11 bits per heavy atom. The van der Waals surface area contributed by atoms with E-state index in [2.05, 4.69) is 45.0 Å².